The van der Waals surface area contributed by atoms with Crippen LogP contribution in [0.3, 0.4) is 0 Å². The van der Waals surface area contributed by atoms with Gasteiger partial charge in [-0.15, -0.1) is 5.10 Å². The molecule has 7 heteroatoms. The summed E-state index contributed by atoms with van der Waals surface area (Å²) in [5, 5.41) is 12.5. The normalized spacial score (nSPS) is 15.9. The molecule has 1 atom stereocenters. The molecule has 2 N–H and O–H groups in total. The quantitative estimate of drug-likeness (QED) is 0.585. The van der Waals surface area contributed by atoms with Crippen LogP contribution in [0.1, 0.15) is 17.6 Å². The number of nitrogens with one attached hydrogen (secondary N) is 2. The summed E-state index contributed by atoms with van der Waals surface area (Å²) in [4.78, 5) is 3.20. The molecule has 0 aliphatic carbocycles. The van der Waals surface area contributed by atoms with Crippen molar-refractivity contribution < 1.29 is 13.9 Å². The maximum absolute atomic E-state index is 5.89. The molecule has 130 valence electrons. The first-order valence-electron chi connectivity index (χ1n) is 8.37. The number of fused-ring (bicyclic) bond motifs is 2. The van der Waals surface area contributed by atoms with E-state index in [1.165, 1.54) is 5.39 Å². The zero-order chi connectivity index (χ0) is 17.3. The molecular formula is C19H16N4O3. The van der Waals surface area contributed by atoms with Crippen LogP contribution >= 0.6 is 0 Å². The summed E-state index contributed by atoms with van der Waals surface area (Å²) in [6.07, 6.45) is 1.51. The Morgan fingerprint density at radius 3 is 2.92 bits per heavy atom. The first-order valence-corrected chi connectivity index (χ1v) is 8.37. The Morgan fingerprint density at radius 1 is 1.04 bits per heavy atom. The van der Waals surface area contributed by atoms with Crippen LogP contribution in [-0.2, 0) is 6.54 Å². The third-order valence-corrected chi connectivity index (χ3v) is 4.34. The van der Waals surface area contributed by atoms with E-state index in [1.54, 1.807) is 0 Å². The van der Waals surface area contributed by atoms with E-state index < -0.39 is 6.10 Å². The van der Waals surface area contributed by atoms with Gasteiger partial charge in [0.1, 0.15) is 6.61 Å². The number of hydrogen-bond donors (Lipinski definition) is 2. The summed E-state index contributed by atoms with van der Waals surface area (Å²) in [7, 11) is 0. The number of anilines is 1. The molecular weight excluding hydrogens is 332 g/mol. The lowest BCUT2D eigenvalue weighted by Crippen LogP contribution is -2.21. The minimum atomic E-state index is -0.416. The SMILES string of the molecule is c1ccc2c(c1)OC[C@H](c1nnc(NCc3cccc4[nH]ccc34)o1)O2. The molecule has 26 heavy (non-hydrogen) atoms. The zero-order valence-electron chi connectivity index (χ0n) is 13.8. The van der Waals surface area contributed by atoms with Crippen LogP contribution in [0.5, 0.6) is 11.5 Å². The highest BCUT2D eigenvalue weighted by atomic mass is 16.6. The first-order chi connectivity index (χ1) is 12.9. The molecule has 0 fully saturated rings. The number of para-hydroxylation sites is 2. The standard InChI is InChI=1S/C19H16N4O3/c1-2-7-16-15(6-1)24-11-17(25-16)18-22-23-19(26-18)21-10-12-4-3-5-14-13(12)8-9-20-14/h1-9,17,20H,10-11H2,(H,21,23)/t17-/m1/s1. The van der Waals surface area contributed by atoms with E-state index in [-0.39, 0.29) is 0 Å². The smallest absolute Gasteiger partial charge is 0.315 e. The summed E-state index contributed by atoms with van der Waals surface area (Å²) in [5.41, 5.74) is 2.25. The van der Waals surface area contributed by atoms with Crippen molar-refractivity contribution in [3.63, 3.8) is 0 Å². The van der Waals surface area contributed by atoms with E-state index in [4.69, 9.17) is 13.9 Å². The monoisotopic (exact) mass is 348 g/mol. The van der Waals surface area contributed by atoms with E-state index in [1.807, 2.05) is 42.6 Å². The van der Waals surface area contributed by atoms with Crippen molar-refractivity contribution in [2.24, 2.45) is 0 Å². The lowest BCUT2D eigenvalue weighted by atomic mass is 10.1. The van der Waals surface area contributed by atoms with E-state index >= 15 is 0 Å². The summed E-state index contributed by atoms with van der Waals surface area (Å²) < 4.78 is 17.3. The van der Waals surface area contributed by atoms with Gasteiger partial charge in [-0.2, -0.15) is 0 Å². The van der Waals surface area contributed by atoms with Crippen LogP contribution in [0.25, 0.3) is 10.9 Å². The molecule has 0 unspecified atom stereocenters. The van der Waals surface area contributed by atoms with Crippen LogP contribution in [0.15, 0.2) is 59.1 Å². The van der Waals surface area contributed by atoms with Crippen molar-refractivity contribution in [2.45, 2.75) is 12.6 Å². The number of aromatic amines is 1. The Labute approximate surface area is 149 Å². The van der Waals surface area contributed by atoms with Crippen LogP contribution in [0.2, 0.25) is 0 Å². The number of hydrogen-bond acceptors (Lipinski definition) is 6. The topological polar surface area (TPSA) is 85.2 Å². The average molecular weight is 348 g/mol. The third kappa shape index (κ3) is 2.63. The predicted molar refractivity (Wildman–Crippen MR) is 95.2 cm³/mol. The first kappa shape index (κ1) is 14.8. The van der Waals surface area contributed by atoms with E-state index in [0.717, 1.165) is 16.8 Å². The Bertz CT molecular complexity index is 1060. The Hall–Kier alpha value is -3.48. The summed E-state index contributed by atoms with van der Waals surface area (Å²) >= 11 is 0. The molecule has 7 nitrogen and oxygen atoms in total. The number of benzene rings is 2. The number of nitrogens with zero attached hydrogens (tertiary/aromatic N) is 2. The van der Waals surface area contributed by atoms with Gasteiger partial charge in [-0.1, -0.05) is 29.4 Å². The number of ether oxygens (including phenoxy) is 2. The van der Waals surface area contributed by atoms with Gasteiger partial charge in [0.2, 0.25) is 6.10 Å². The van der Waals surface area contributed by atoms with E-state index in [0.29, 0.717) is 30.8 Å². The molecule has 0 radical (unpaired) electrons. The van der Waals surface area contributed by atoms with Crippen LogP contribution < -0.4 is 14.8 Å². The lowest BCUT2D eigenvalue weighted by molar-refractivity contribution is 0.0717. The molecule has 5 rings (SSSR count). The van der Waals surface area contributed by atoms with Crippen molar-refractivity contribution in [3.8, 4) is 11.5 Å². The molecule has 4 aromatic rings. The summed E-state index contributed by atoms with van der Waals surface area (Å²) in [6.45, 7) is 0.920. The van der Waals surface area contributed by atoms with Gasteiger partial charge in [0.05, 0.1) is 0 Å². The van der Waals surface area contributed by atoms with Crippen molar-refractivity contribution >= 4 is 16.9 Å². The summed E-state index contributed by atoms with van der Waals surface area (Å²) in [6, 6.07) is 16.1. The Kier molecular flexibility index (Phi) is 3.48. The maximum atomic E-state index is 5.89. The van der Waals surface area contributed by atoms with Crippen LogP contribution in [-0.4, -0.2) is 21.8 Å². The molecule has 2 aromatic heterocycles. The fourth-order valence-corrected chi connectivity index (χ4v) is 3.05. The van der Waals surface area contributed by atoms with Crippen LogP contribution in [0, 0.1) is 0 Å². The fraction of sp³-hybridized carbons (Fsp3) is 0.158. The average Bonchev–Trinajstić information content (AvgIpc) is 3.35. The second-order valence-electron chi connectivity index (χ2n) is 6.02. The molecule has 0 amide bonds. The number of H-pyrrole nitrogens is 1. The van der Waals surface area contributed by atoms with Gasteiger partial charge < -0.3 is 24.2 Å². The van der Waals surface area contributed by atoms with Gasteiger partial charge in [-0.3, -0.25) is 0 Å². The van der Waals surface area contributed by atoms with E-state index in [9.17, 15) is 0 Å². The second-order valence-corrected chi connectivity index (χ2v) is 6.02. The summed E-state index contributed by atoms with van der Waals surface area (Å²) in [5.74, 6) is 1.79. The van der Waals surface area contributed by atoms with Crippen molar-refractivity contribution in [2.75, 3.05) is 11.9 Å². The molecule has 0 bridgehead atoms. The van der Waals surface area contributed by atoms with Gasteiger partial charge in [-0.05, 0) is 29.8 Å². The predicted octanol–water partition coefficient (Wildman–Crippen LogP) is 3.68. The molecule has 1 aliphatic heterocycles. The Morgan fingerprint density at radius 2 is 1.96 bits per heavy atom. The lowest BCUT2D eigenvalue weighted by Gasteiger charge is -2.23. The van der Waals surface area contributed by atoms with Crippen molar-refractivity contribution in [3.05, 3.63) is 66.2 Å². The number of aromatic nitrogens is 3. The van der Waals surface area contributed by atoms with Gasteiger partial charge in [0.15, 0.2) is 11.5 Å². The maximum Gasteiger partial charge on any atom is 0.315 e. The van der Waals surface area contributed by atoms with Gasteiger partial charge in [0, 0.05) is 23.6 Å². The highest BCUT2D eigenvalue weighted by Crippen LogP contribution is 2.35. The molecule has 0 spiro atoms. The third-order valence-electron chi connectivity index (χ3n) is 4.34. The Balaban J connectivity index is 1.29. The minimum absolute atomic E-state index is 0.335. The second kappa shape index (κ2) is 6.11. The van der Waals surface area contributed by atoms with Gasteiger partial charge in [0.25, 0.3) is 5.89 Å². The highest BCUT2D eigenvalue weighted by molar-refractivity contribution is 5.83. The molecule has 1 aliphatic rings. The van der Waals surface area contributed by atoms with Gasteiger partial charge in [-0.25, -0.2) is 0 Å². The molecule has 0 saturated carbocycles. The molecule has 0 saturated heterocycles. The largest absolute Gasteiger partial charge is 0.485 e. The fourth-order valence-electron chi connectivity index (χ4n) is 3.05. The number of rotatable bonds is 4. The zero-order valence-corrected chi connectivity index (χ0v) is 13.8. The molecule has 3 heterocycles. The minimum Gasteiger partial charge on any atom is -0.485 e. The van der Waals surface area contributed by atoms with Crippen molar-refractivity contribution in [1.29, 1.82) is 0 Å². The highest BCUT2D eigenvalue weighted by Gasteiger charge is 2.27. The van der Waals surface area contributed by atoms with Crippen molar-refractivity contribution in [1.82, 2.24) is 15.2 Å². The van der Waals surface area contributed by atoms with Crippen LogP contribution in [0.4, 0.5) is 6.01 Å². The van der Waals surface area contributed by atoms with E-state index in [2.05, 4.69) is 32.6 Å². The van der Waals surface area contributed by atoms with Gasteiger partial charge >= 0.3 is 6.01 Å². The molecule has 2 aromatic carbocycles.